The Bertz CT molecular complexity index is 678. The van der Waals surface area contributed by atoms with Crippen molar-refractivity contribution in [1.29, 1.82) is 0 Å². The Morgan fingerprint density at radius 2 is 0.906 bits per heavy atom. The van der Waals surface area contributed by atoms with E-state index in [1.165, 1.54) is 13.8 Å². The van der Waals surface area contributed by atoms with E-state index >= 15 is 0 Å². The minimum absolute atomic E-state index is 0.00407. The van der Waals surface area contributed by atoms with Crippen molar-refractivity contribution in [1.82, 2.24) is 5.32 Å². The van der Waals surface area contributed by atoms with E-state index in [0.29, 0.717) is 12.8 Å². The normalized spacial score (nSPS) is 10.2. The number of rotatable bonds is 16. The molecule has 0 aromatic carbocycles. The molecule has 32 heavy (non-hydrogen) atoms. The summed E-state index contributed by atoms with van der Waals surface area (Å²) >= 11 is 0. The van der Waals surface area contributed by atoms with E-state index in [1.54, 1.807) is 13.8 Å². The maximum atomic E-state index is 11.3. The van der Waals surface area contributed by atoms with Crippen LogP contribution in [0.1, 0.15) is 92.9 Å². The van der Waals surface area contributed by atoms with Crippen LogP contribution in [0.25, 0.3) is 0 Å². The monoisotopic (exact) mass is 453 g/mol. The lowest BCUT2D eigenvalue weighted by Gasteiger charge is -2.05. The van der Waals surface area contributed by atoms with E-state index in [2.05, 4.69) is 5.32 Å². The van der Waals surface area contributed by atoms with Crippen molar-refractivity contribution >= 4 is 40.6 Å². The molecular formula is C24H39NO7. The summed E-state index contributed by atoms with van der Waals surface area (Å²) in [5.41, 5.74) is 0. The van der Waals surface area contributed by atoms with Crippen LogP contribution >= 0.6 is 0 Å². The number of Topliss-reactive ketones (excluding diaryl/α,β-unsaturated/α-hetero) is 6. The first kappa shape index (κ1) is 31.7. The topological polar surface area (TPSA) is 132 Å². The molecule has 8 nitrogen and oxygen atoms in total. The van der Waals surface area contributed by atoms with Crippen molar-refractivity contribution in [3.63, 3.8) is 0 Å². The van der Waals surface area contributed by atoms with Crippen molar-refractivity contribution in [3.8, 4) is 0 Å². The average Bonchev–Trinajstić information content (AvgIpc) is 2.71. The number of carbonyl (C=O) groups excluding carboxylic acids is 7. The second kappa shape index (κ2) is 18.1. The van der Waals surface area contributed by atoms with Gasteiger partial charge in [-0.15, -0.1) is 0 Å². The molecule has 0 aromatic rings. The quantitative estimate of drug-likeness (QED) is 0.380. The maximum Gasteiger partial charge on any atom is 0.220 e. The summed E-state index contributed by atoms with van der Waals surface area (Å²) in [4.78, 5) is 77.4. The third-order valence-electron chi connectivity index (χ3n) is 4.53. The van der Waals surface area contributed by atoms with E-state index in [1.807, 2.05) is 13.8 Å². The van der Waals surface area contributed by atoms with Crippen LogP contribution in [0.15, 0.2) is 0 Å². The molecule has 0 aromatic heterocycles. The SMILES string of the molecule is CC(=O)CCC(=O)CCC(=O)C(C)C.CC(=O)CCC(=O)CNC(=O)CCC(=O)C(C)C. The number of hydrogen-bond donors (Lipinski definition) is 1. The Balaban J connectivity index is 0. The van der Waals surface area contributed by atoms with Gasteiger partial charge in [-0.2, -0.15) is 0 Å². The summed E-state index contributed by atoms with van der Waals surface area (Å²) in [6.07, 6.45) is 1.84. The summed E-state index contributed by atoms with van der Waals surface area (Å²) in [5.74, 6) is -0.423. The van der Waals surface area contributed by atoms with Crippen LogP contribution in [-0.4, -0.2) is 47.2 Å². The van der Waals surface area contributed by atoms with Crippen molar-refractivity contribution in [2.24, 2.45) is 11.8 Å². The van der Waals surface area contributed by atoms with Gasteiger partial charge in [-0.1, -0.05) is 27.7 Å². The summed E-state index contributed by atoms with van der Waals surface area (Å²) in [6, 6.07) is 0. The highest BCUT2D eigenvalue weighted by atomic mass is 16.2. The minimum atomic E-state index is -0.305. The molecule has 0 aliphatic heterocycles. The number of hydrogen-bond acceptors (Lipinski definition) is 7. The van der Waals surface area contributed by atoms with Crippen LogP contribution in [0.5, 0.6) is 0 Å². The summed E-state index contributed by atoms with van der Waals surface area (Å²) < 4.78 is 0. The van der Waals surface area contributed by atoms with Crippen LogP contribution in [0, 0.1) is 11.8 Å². The van der Waals surface area contributed by atoms with Crippen molar-refractivity contribution in [3.05, 3.63) is 0 Å². The molecule has 0 fully saturated rings. The highest BCUT2D eigenvalue weighted by Gasteiger charge is 2.12. The van der Waals surface area contributed by atoms with Gasteiger partial charge < -0.3 is 14.9 Å². The number of carbonyl (C=O) groups is 7. The molecule has 182 valence electrons. The molecule has 0 unspecified atom stereocenters. The van der Waals surface area contributed by atoms with E-state index in [0.717, 1.165) is 0 Å². The largest absolute Gasteiger partial charge is 0.349 e. The predicted molar refractivity (Wildman–Crippen MR) is 121 cm³/mol. The van der Waals surface area contributed by atoms with Gasteiger partial charge in [0.25, 0.3) is 0 Å². The van der Waals surface area contributed by atoms with Gasteiger partial charge in [-0.3, -0.25) is 24.0 Å². The number of ketones is 6. The zero-order valence-electron chi connectivity index (χ0n) is 20.4. The Kier molecular flexibility index (Phi) is 17.9. The molecule has 0 heterocycles. The molecule has 0 saturated heterocycles. The fourth-order valence-corrected chi connectivity index (χ4v) is 2.21. The Morgan fingerprint density at radius 3 is 1.31 bits per heavy atom. The van der Waals surface area contributed by atoms with E-state index in [4.69, 9.17) is 0 Å². The first-order valence-corrected chi connectivity index (χ1v) is 11.1. The van der Waals surface area contributed by atoms with Crippen LogP contribution in [0.4, 0.5) is 0 Å². The van der Waals surface area contributed by atoms with Gasteiger partial charge in [0, 0.05) is 63.2 Å². The first-order valence-electron chi connectivity index (χ1n) is 11.1. The highest BCUT2D eigenvalue weighted by molar-refractivity contribution is 5.90. The Morgan fingerprint density at radius 1 is 0.531 bits per heavy atom. The predicted octanol–water partition coefficient (Wildman–Crippen LogP) is 2.98. The van der Waals surface area contributed by atoms with Gasteiger partial charge in [-0.25, -0.2) is 0 Å². The number of amides is 1. The first-order chi connectivity index (χ1) is 14.8. The zero-order valence-corrected chi connectivity index (χ0v) is 20.4. The standard InChI is InChI=1S/C13H21NO4.C11H18O3/c1-9(2)12(17)6-7-13(18)14-8-11(16)5-4-10(3)15;1-8(2)11(14)7-6-10(13)5-4-9(3)12/h9H,4-8H2,1-3H3,(H,14,18);8H,4-7H2,1-3H3. The summed E-state index contributed by atoms with van der Waals surface area (Å²) in [6.45, 7) is 10.0. The van der Waals surface area contributed by atoms with Gasteiger partial charge >= 0.3 is 0 Å². The fourth-order valence-electron chi connectivity index (χ4n) is 2.21. The molecule has 0 atom stereocenters. The fraction of sp³-hybridized carbons (Fsp3) is 0.708. The lowest BCUT2D eigenvalue weighted by atomic mass is 10.0. The third-order valence-corrected chi connectivity index (χ3v) is 4.53. The van der Waals surface area contributed by atoms with Crippen molar-refractivity contribution < 1.29 is 33.6 Å². The van der Waals surface area contributed by atoms with Crippen LogP contribution in [-0.2, 0) is 33.6 Å². The molecule has 8 heteroatoms. The molecular weight excluding hydrogens is 414 g/mol. The summed E-state index contributed by atoms with van der Waals surface area (Å²) in [5, 5.41) is 2.45. The maximum absolute atomic E-state index is 11.3. The molecule has 1 N–H and O–H groups in total. The second-order valence-electron chi connectivity index (χ2n) is 8.50. The van der Waals surface area contributed by atoms with Crippen molar-refractivity contribution in [2.75, 3.05) is 6.54 Å². The lowest BCUT2D eigenvalue weighted by molar-refractivity contribution is -0.128. The Labute approximate surface area is 191 Å². The molecule has 0 bridgehead atoms. The van der Waals surface area contributed by atoms with Gasteiger partial charge in [0.05, 0.1) is 6.54 Å². The molecule has 0 spiro atoms. The Hall–Kier alpha value is -2.51. The molecule has 0 saturated carbocycles. The second-order valence-corrected chi connectivity index (χ2v) is 8.50. The van der Waals surface area contributed by atoms with Gasteiger partial charge in [0.1, 0.15) is 28.9 Å². The molecule has 0 aliphatic carbocycles. The van der Waals surface area contributed by atoms with E-state index in [9.17, 15) is 33.6 Å². The highest BCUT2D eigenvalue weighted by Crippen LogP contribution is 2.05. The molecule has 0 rings (SSSR count). The van der Waals surface area contributed by atoms with E-state index in [-0.39, 0.29) is 97.5 Å². The lowest BCUT2D eigenvalue weighted by Crippen LogP contribution is -2.30. The van der Waals surface area contributed by atoms with E-state index < -0.39 is 0 Å². The third kappa shape index (κ3) is 20.8. The molecule has 0 aliphatic rings. The van der Waals surface area contributed by atoms with Crippen LogP contribution in [0.2, 0.25) is 0 Å². The van der Waals surface area contributed by atoms with Crippen LogP contribution < -0.4 is 5.32 Å². The van der Waals surface area contributed by atoms with Gasteiger partial charge in [0.2, 0.25) is 5.91 Å². The smallest absolute Gasteiger partial charge is 0.220 e. The average molecular weight is 454 g/mol. The molecule has 0 radical (unpaired) electrons. The molecule has 1 amide bonds. The minimum Gasteiger partial charge on any atom is -0.349 e. The van der Waals surface area contributed by atoms with Crippen molar-refractivity contribution in [2.45, 2.75) is 92.9 Å². The van der Waals surface area contributed by atoms with Gasteiger partial charge in [0.15, 0.2) is 5.78 Å². The summed E-state index contributed by atoms with van der Waals surface area (Å²) in [7, 11) is 0. The number of nitrogens with one attached hydrogen (secondary N) is 1. The van der Waals surface area contributed by atoms with Crippen LogP contribution in [0.3, 0.4) is 0 Å². The zero-order chi connectivity index (χ0) is 25.3. The van der Waals surface area contributed by atoms with Gasteiger partial charge in [-0.05, 0) is 13.8 Å².